The van der Waals surface area contributed by atoms with E-state index in [0.29, 0.717) is 5.41 Å². The van der Waals surface area contributed by atoms with E-state index >= 15 is 0 Å². The number of amides is 1. The zero-order chi connectivity index (χ0) is 11.3. The van der Waals surface area contributed by atoms with Crippen molar-refractivity contribution in [3.8, 4) is 0 Å². The molecule has 4 nitrogen and oxygen atoms in total. The Bertz CT molecular complexity index is 271. The third-order valence-corrected chi connectivity index (χ3v) is 3.62. The maximum atomic E-state index is 11.1. The summed E-state index contributed by atoms with van der Waals surface area (Å²) in [6.07, 6.45) is 0.950. The number of carbonyl (C=O) groups excluding carboxylic acids is 1. The molecule has 1 heterocycles. The molecule has 0 aromatic heterocycles. The number of hydrogen-bond acceptors (Lipinski definition) is 3. The van der Waals surface area contributed by atoms with E-state index in [4.69, 9.17) is 0 Å². The van der Waals surface area contributed by atoms with Crippen molar-refractivity contribution in [2.45, 2.75) is 45.2 Å². The third-order valence-electron chi connectivity index (χ3n) is 3.62. The zero-order valence-corrected chi connectivity index (χ0v) is 9.67. The van der Waals surface area contributed by atoms with Crippen LogP contribution in [-0.2, 0) is 0 Å². The van der Waals surface area contributed by atoms with Gasteiger partial charge in [-0.25, -0.2) is 0 Å². The Morgan fingerprint density at radius 2 is 1.93 bits per heavy atom. The number of hydrogen-bond donors (Lipinski definition) is 1. The summed E-state index contributed by atoms with van der Waals surface area (Å²) >= 11 is 0. The lowest BCUT2D eigenvalue weighted by Crippen LogP contribution is -2.69. The van der Waals surface area contributed by atoms with Gasteiger partial charge < -0.3 is 20.1 Å². The summed E-state index contributed by atoms with van der Waals surface area (Å²) in [5.74, 6) is 0. The van der Waals surface area contributed by atoms with E-state index in [9.17, 15) is 9.90 Å². The average Bonchev–Trinajstić information content (AvgIpc) is 1.86. The van der Waals surface area contributed by atoms with Gasteiger partial charge in [-0.1, -0.05) is 0 Å². The highest BCUT2D eigenvalue weighted by Gasteiger charge is 2.51. The summed E-state index contributed by atoms with van der Waals surface area (Å²) in [6, 6.07) is 0.164. The van der Waals surface area contributed by atoms with Crippen molar-refractivity contribution in [1.29, 1.82) is 0 Å². The second-order valence-electron chi connectivity index (χ2n) is 5.97. The Balaban J connectivity index is 1.99. The van der Waals surface area contributed by atoms with Gasteiger partial charge in [-0.2, -0.15) is 0 Å². The van der Waals surface area contributed by atoms with Crippen LogP contribution in [-0.4, -0.2) is 35.7 Å². The molecule has 0 aromatic rings. The molecule has 4 heteroatoms. The Hall–Kier alpha value is -0.770. The Kier molecular flexibility index (Phi) is 2.23. The average molecular weight is 211 g/mol. The molecule has 15 heavy (non-hydrogen) atoms. The highest BCUT2D eigenvalue weighted by molar-refractivity contribution is 5.64. The first-order chi connectivity index (χ1) is 6.84. The van der Waals surface area contributed by atoms with Gasteiger partial charge in [0.1, 0.15) is 6.09 Å². The summed E-state index contributed by atoms with van der Waals surface area (Å²) in [7, 11) is 0. The van der Waals surface area contributed by atoms with E-state index in [1.165, 1.54) is 4.90 Å². The minimum Gasteiger partial charge on any atom is -0.530 e. The van der Waals surface area contributed by atoms with E-state index in [-0.39, 0.29) is 11.6 Å². The highest BCUT2D eigenvalue weighted by atomic mass is 16.4. The molecule has 1 spiro atoms. The van der Waals surface area contributed by atoms with E-state index in [0.717, 1.165) is 25.9 Å². The van der Waals surface area contributed by atoms with Crippen LogP contribution in [0.1, 0.15) is 33.6 Å². The molecule has 0 atom stereocenters. The van der Waals surface area contributed by atoms with Crippen LogP contribution in [0.3, 0.4) is 0 Å². The predicted octanol–water partition coefficient (Wildman–Crippen LogP) is 0.182. The molecular formula is C11H19N2O2-. The van der Waals surface area contributed by atoms with Gasteiger partial charge in [0.2, 0.25) is 0 Å². The molecule has 0 aromatic carbocycles. The van der Waals surface area contributed by atoms with Crippen LogP contribution in [0, 0.1) is 5.41 Å². The quantitative estimate of drug-likeness (QED) is 0.673. The maximum absolute atomic E-state index is 11.1. The van der Waals surface area contributed by atoms with E-state index in [2.05, 4.69) is 5.32 Å². The summed E-state index contributed by atoms with van der Waals surface area (Å²) in [4.78, 5) is 12.6. The second kappa shape index (κ2) is 3.11. The van der Waals surface area contributed by atoms with E-state index in [1.54, 1.807) is 0 Å². The Morgan fingerprint density at radius 1 is 1.40 bits per heavy atom. The Morgan fingerprint density at radius 3 is 2.20 bits per heavy atom. The molecule has 2 aliphatic rings. The van der Waals surface area contributed by atoms with Gasteiger partial charge in [-0.3, -0.25) is 0 Å². The number of carboxylic acid groups (broad SMARTS) is 1. The number of nitrogens with zero attached hydrogens (tertiary/aromatic N) is 1. The smallest absolute Gasteiger partial charge is 0.137 e. The maximum Gasteiger partial charge on any atom is 0.137 e. The third kappa shape index (κ3) is 1.71. The van der Waals surface area contributed by atoms with Crippen molar-refractivity contribution in [1.82, 2.24) is 10.2 Å². The van der Waals surface area contributed by atoms with Crippen LogP contribution >= 0.6 is 0 Å². The van der Waals surface area contributed by atoms with Gasteiger partial charge in [0.25, 0.3) is 0 Å². The highest BCUT2D eigenvalue weighted by Crippen LogP contribution is 2.47. The fourth-order valence-electron chi connectivity index (χ4n) is 2.86. The lowest BCUT2D eigenvalue weighted by atomic mass is 9.61. The molecule has 2 rings (SSSR count). The van der Waals surface area contributed by atoms with Crippen LogP contribution in [0.15, 0.2) is 0 Å². The normalized spacial score (nSPS) is 24.5. The summed E-state index contributed by atoms with van der Waals surface area (Å²) in [5.41, 5.74) is 0.0614. The molecule has 1 N–H and O–H groups in total. The molecule has 0 bridgehead atoms. The molecule has 1 amide bonds. The fraction of sp³-hybridized carbons (Fsp3) is 0.909. The van der Waals surface area contributed by atoms with Crippen LogP contribution in [0.2, 0.25) is 0 Å². The summed E-state index contributed by atoms with van der Waals surface area (Å²) < 4.78 is 0. The first-order valence-corrected chi connectivity index (χ1v) is 5.55. The number of nitrogens with one attached hydrogen (secondary N) is 1. The standard InChI is InChI=1S/C11H20N2O2/c1-10(2,3)13(9(14)15)8-4-11(5-8)6-12-7-11/h8,12H,4-7H2,1-3H3,(H,14,15)/p-1. The predicted molar refractivity (Wildman–Crippen MR) is 55.3 cm³/mol. The first kappa shape index (κ1) is 10.7. The van der Waals surface area contributed by atoms with Gasteiger partial charge in [0, 0.05) is 24.7 Å². The van der Waals surface area contributed by atoms with Crippen LogP contribution in [0.4, 0.5) is 4.79 Å². The van der Waals surface area contributed by atoms with Crippen molar-refractivity contribution in [2.24, 2.45) is 5.41 Å². The molecule has 0 radical (unpaired) electrons. The minimum atomic E-state index is -1.03. The Labute approximate surface area is 90.6 Å². The molecule has 1 saturated carbocycles. The van der Waals surface area contributed by atoms with Crippen LogP contribution in [0.5, 0.6) is 0 Å². The van der Waals surface area contributed by atoms with Crippen LogP contribution in [0.25, 0.3) is 0 Å². The summed E-state index contributed by atoms with van der Waals surface area (Å²) in [5, 5.41) is 14.3. The van der Waals surface area contributed by atoms with Gasteiger partial charge in [-0.15, -0.1) is 0 Å². The van der Waals surface area contributed by atoms with Crippen molar-refractivity contribution < 1.29 is 9.90 Å². The van der Waals surface area contributed by atoms with Gasteiger partial charge >= 0.3 is 0 Å². The molecule has 2 fully saturated rings. The molecule has 1 saturated heterocycles. The zero-order valence-electron chi connectivity index (χ0n) is 9.67. The number of carbonyl (C=O) groups is 1. The van der Waals surface area contributed by atoms with Crippen molar-refractivity contribution in [3.63, 3.8) is 0 Å². The summed E-state index contributed by atoms with van der Waals surface area (Å²) in [6.45, 7) is 7.87. The van der Waals surface area contributed by atoms with Crippen molar-refractivity contribution in [3.05, 3.63) is 0 Å². The molecule has 1 aliphatic heterocycles. The monoisotopic (exact) mass is 211 g/mol. The minimum absolute atomic E-state index is 0.164. The van der Waals surface area contributed by atoms with Gasteiger partial charge in [-0.05, 0) is 39.0 Å². The SMILES string of the molecule is CC(C)(C)N(C(=O)[O-])C1CC2(CNC2)C1. The molecule has 86 valence electrons. The molecule has 1 aliphatic carbocycles. The molecule has 0 unspecified atom stereocenters. The van der Waals surface area contributed by atoms with Gasteiger partial charge in [0.05, 0.1) is 0 Å². The lowest BCUT2D eigenvalue weighted by molar-refractivity contribution is -0.278. The van der Waals surface area contributed by atoms with Crippen molar-refractivity contribution >= 4 is 6.09 Å². The first-order valence-electron chi connectivity index (χ1n) is 5.55. The van der Waals surface area contributed by atoms with E-state index in [1.807, 2.05) is 20.8 Å². The van der Waals surface area contributed by atoms with E-state index < -0.39 is 6.09 Å². The lowest BCUT2D eigenvalue weighted by Gasteiger charge is -2.60. The number of rotatable bonds is 1. The topological polar surface area (TPSA) is 55.4 Å². The second-order valence-corrected chi connectivity index (χ2v) is 5.97. The van der Waals surface area contributed by atoms with Crippen LogP contribution < -0.4 is 10.4 Å². The van der Waals surface area contributed by atoms with Gasteiger partial charge in [0.15, 0.2) is 0 Å². The largest absolute Gasteiger partial charge is 0.530 e. The molecular weight excluding hydrogens is 192 g/mol. The van der Waals surface area contributed by atoms with Crippen molar-refractivity contribution in [2.75, 3.05) is 13.1 Å². The fourth-order valence-corrected chi connectivity index (χ4v) is 2.86.